The molecule has 0 heterocycles. The monoisotopic (exact) mass is 230 g/mol. The highest BCUT2D eigenvalue weighted by atomic mass is 14.1. The minimum atomic E-state index is 0.369. The van der Waals surface area contributed by atoms with E-state index in [0.717, 1.165) is 6.42 Å². The SMILES string of the molecule is C=C/C=C\C(=C(C)C)[C@H](C=C)CC=C.C=CC. The molecule has 0 radical (unpaired) electrons. The fraction of sp³-hybridized carbons (Fsp3) is 0.294. The summed E-state index contributed by atoms with van der Waals surface area (Å²) < 4.78 is 0. The van der Waals surface area contributed by atoms with E-state index in [2.05, 4.69) is 46.2 Å². The normalized spacial score (nSPS) is 10.8. The predicted octanol–water partition coefficient (Wildman–Crippen LogP) is 5.64. The van der Waals surface area contributed by atoms with Gasteiger partial charge in [0.15, 0.2) is 0 Å². The maximum absolute atomic E-state index is 3.85. The van der Waals surface area contributed by atoms with Gasteiger partial charge in [0.2, 0.25) is 0 Å². The van der Waals surface area contributed by atoms with Crippen LogP contribution in [0.5, 0.6) is 0 Å². The molecule has 0 saturated carbocycles. The maximum atomic E-state index is 3.85. The molecule has 0 aromatic heterocycles. The highest BCUT2D eigenvalue weighted by Gasteiger charge is 2.06. The van der Waals surface area contributed by atoms with Gasteiger partial charge in [0.1, 0.15) is 0 Å². The third-order valence-corrected chi connectivity index (χ3v) is 2.09. The third kappa shape index (κ3) is 9.37. The zero-order chi connectivity index (χ0) is 13.7. The molecule has 0 aromatic rings. The Balaban J connectivity index is 0. The molecule has 0 nitrogen and oxygen atoms in total. The van der Waals surface area contributed by atoms with Crippen molar-refractivity contribution in [1.82, 2.24) is 0 Å². The molecule has 0 heteroatoms. The van der Waals surface area contributed by atoms with Crippen LogP contribution in [0, 0.1) is 5.92 Å². The van der Waals surface area contributed by atoms with Crippen LogP contribution in [0.25, 0.3) is 0 Å². The van der Waals surface area contributed by atoms with Crippen molar-refractivity contribution in [2.24, 2.45) is 5.92 Å². The Morgan fingerprint density at radius 2 is 1.65 bits per heavy atom. The lowest BCUT2D eigenvalue weighted by atomic mass is 9.92. The van der Waals surface area contributed by atoms with Gasteiger partial charge in [-0.25, -0.2) is 0 Å². The van der Waals surface area contributed by atoms with E-state index >= 15 is 0 Å². The molecular weight excluding hydrogens is 204 g/mol. The van der Waals surface area contributed by atoms with Crippen LogP contribution in [0.15, 0.2) is 73.9 Å². The van der Waals surface area contributed by atoms with Crippen molar-refractivity contribution in [3.8, 4) is 0 Å². The van der Waals surface area contributed by atoms with E-state index in [-0.39, 0.29) is 0 Å². The van der Waals surface area contributed by atoms with Gasteiger partial charge in [0.25, 0.3) is 0 Å². The minimum absolute atomic E-state index is 0.369. The van der Waals surface area contributed by atoms with Gasteiger partial charge < -0.3 is 0 Å². The molecule has 17 heavy (non-hydrogen) atoms. The van der Waals surface area contributed by atoms with Gasteiger partial charge in [-0.2, -0.15) is 0 Å². The van der Waals surface area contributed by atoms with Crippen LogP contribution in [0.1, 0.15) is 27.2 Å². The number of hydrogen-bond donors (Lipinski definition) is 0. The second-order valence-corrected chi connectivity index (χ2v) is 3.82. The summed E-state index contributed by atoms with van der Waals surface area (Å²) in [5.74, 6) is 0.369. The Kier molecular flexibility index (Phi) is 13.1. The first-order chi connectivity index (χ1) is 8.08. The van der Waals surface area contributed by atoms with Crippen LogP contribution in [-0.2, 0) is 0 Å². The van der Waals surface area contributed by atoms with Crippen LogP contribution in [-0.4, -0.2) is 0 Å². The molecule has 0 bridgehead atoms. The standard InChI is InChI=1S/C14H20.C3H6/c1-6-9-11-14(12(4)5)13(8-3)10-7-2;1-3-2/h6-9,11,13H,1-3,10H2,4-5H3;3H,1H2,2H3/b11-9-;/t13-;/m1./s1. The van der Waals surface area contributed by atoms with E-state index in [9.17, 15) is 0 Å². The summed E-state index contributed by atoms with van der Waals surface area (Å²) in [5.41, 5.74) is 2.62. The Bertz CT molecular complexity index is 296. The van der Waals surface area contributed by atoms with Crippen molar-refractivity contribution in [2.45, 2.75) is 27.2 Å². The molecule has 0 spiro atoms. The van der Waals surface area contributed by atoms with Gasteiger partial charge in [-0.1, -0.05) is 48.6 Å². The van der Waals surface area contributed by atoms with E-state index in [1.54, 1.807) is 12.2 Å². The van der Waals surface area contributed by atoms with Crippen molar-refractivity contribution < 1.29 is 0 Å². The summed E-state index contributed by atoms with van der Waals surface area (Å²) in [7, 11) is 0. The van der Waals surface area contributed by atoms with Crippen molar-refractivity contribution in [3.05, 3.63) is 73.9 Å². The second-order valence-electron chi connectivity index (χ2n) is 3.82. The largest absolute Gasteiger partial charge is 0.103 e. The summed E-state index contributed by atoms with van der Waals surface area (Å²) in [6.45, 7) is 20.7. The first kappa shape index (κ1) is 17.8. The van der Waals surface area contributed by atoms with Gasteiger partial charge in [-0.3, -0.25) is 0 Å². The maximum Gasteiger partial charge on any atom is 0.00490 e. The van der Waals surface area contributed by atoms with Crippen molar-refractivity contribution in [1.29, 1.82) is 0 Å². The average Bonchev–Trinajstić information content (AvgIpc) is 2.28. The highest BCUT2D eigenvalue weighted by Crippen LogP contribution is 2.21. The van der Waals surface area contributed by atoms with Gasteiger partial charge in [-0.05, 0) is 32.8 Å². The molecule has 0 fully saturated rings. The van der Waals surface area contributed by atoms with E-state index < -0.39 is 0 Å². The van der Waals surface area contributed by atoms with Gasteiger partial charge in [0.05, 0.1) is 0 Å². The summed E-state index contributed by atoms with van der Waals surface area (Å²) in [6.07, 6.45) is 12.4. The topological polar surface area (TPSA) is 0 Å². The Hall–Kier alpha value is -1.56. The molecule has 0 N–H and O–H groups in total. The molecule has 0 aliphatic heterocycles. The Morgan fingerprint density at radius 3 is 1.94 bits per heavy atom. The Morgan fingerprint density at radius 1 is 1.12 bits per heavy atom. The van der Waals surface area contributed by atoms with E-state index in [0.29, 0.717) is 5.92 Å². The molecule has 0 rings (SSSR count). The zero-order valence-corrected chi connectivity index (χ0v) is 11.6. The van der Waals surface area contributed by atoms with Gasteiger partial charge in [0, 0.05) is 5.92 Å². The van der Waals surface area contributed by atoms with Crippen molar-refractivity contribution in [2.75, 3.05) is 0 Å². The third-order valence-electron chi connectivity index (χ3n) is 2.09. The summed E-state index contributed by atoms with van der Waals surface area (Å²) in [6, 6.07) is 0. The molecule has 94 valence electrons. The number of allylic oxidation sites excluding steroid dienone is 8. The van der Waals surface area contributed by atoms with Gasteiger partial charge >= 0.3 is 0 Å². The molecule has 0 aliphatic carbocycles. The smallest absolute Gasteiger partial charge is 0.00490 e. The molecule has 0 aromatic carbocycles. The molecular formula is C17H26. The van der Waals surface area contributed by atoms with E-state index in [1.165, 1.54) is 11.1 Å². The summed E-state index contributed by atoms with van der Waals surface area (Å²) in [4.78, 5) is 0. The fourth-order valence-corrected chi connectivity index (χ4v) is 1.36. The molecule has 0 saturated heterocycles. The quantitative estimate of drug-likeness (QED) is 0.409. The zero-order valence-electron chi connectivity index (χ0n) is 11.6. The fourth-order valence-electron chi connectivity index (χ4n) is 1.36. The minimum Gasteiger partial charge on any atom is -0.103 e. The lowest BCUT2D eigenvalue weighted by Crippen LogP contribution is -1.99. The highest BCUT2D eigenvalue weighted by molar-refractivity contribution is 5.31. The summed E-state index contributed by atoms with van der Waals surface area (Å²) in [5, 5.41) is 0. The van der Waals surface area contributed by atoms with Crippen LogP contribution in [0.2, 0.25) is 0 Å². The van der Waals surface area contributed by atoms with Crippen LogP contribution in [0.4, 0.5) is 0 Å². The molecule has 0 aliphatic rings. The first-order valence-corrected chi connectivity index (χ1v) is 5.85. The molecule has 1 atom stereocenters. The predicted molar refractivity (Wildman–Crippen MR) is 82.1 cm³/mol. The summed E-state index contributed by atoms with van der Waals surface area (Å²) >= 11 is 0. The van der Waals surface area contributed by atoms with Crippen LogP contribution in [0.3, 0.4) is 0 Å². The number of hydrogen-bond acceptors (Lipinski definition) is 0. The second kappa shape index (κ2) is 12.5. The first-order valence-electron chi connectivity index (χ1n) is 5.85. The van der Waals surface area contributed by atoms with E-state index in [1.807, 2.05) is 25.2 Å². The van der Waals surface area contributed by atoms with Crippen LogP contribution >= 0.6 is 0 Å². The molecule has 0 unspecified atom stereocenters. The Labute approximate surface area is 107 Å². The van der Waals surface area contributed by atoms with Crippen molar-refractivity contribution >= 4 is 0 Å². The van der Waals surface area contributed by atoms with Gasteiger partial charge in [-0.15, -0.1) is 19.7 Å². The lowest BCUT2D eigenvalue weighted by Gasteiger charge is -2.13. The van der Waals surface area contributed by atoms with E-state index in [4.69, 9.17) is 0 Å². The number of rotatable bonds is 6. The average molecular weight is 230 g/mol. The van der Waals surface area contributed by atoms with Crippen molar-refractivity contribution in [3.63, 3.8) is 0 Å². The van der Waals surface area contributed by atoms with Crippen LogP contribution < -0.4 is 0 Å². The lowest BCUT2D eigenvalue weighted by molar-refractivity contribution is 0.787. The molecule has 0 amide bonds.